The fourth-order valence-electron chi connectivity index (χ4n) is 2.79. The van der Waals surface area contributed by atoms with Gasteiger partial charge < -0.3 is 10.1 Å². The fraction of sp³-hybridized carbons (Fsp3) is 0.100. The molecule has 5 nitrogen and oxygen atoms in total. The molecule has 0 aliphatic carbocycles. The Kier molecular flexibility index (Phi) is 4.83. The van der Waals surface area contributed by atoms with Crippen LogP contribution in [-0.4, -0.2) is 22.4 Å². The van der Waals surface area contributed by atoms with Gasteiger partial charge in [-0.3, -0.25) is 9.20 Å². The first-order valence-electron chi connectivity index (χ1n) is 8.28. The maximum Gasteiger partial charge on any atom is 0.230 e. The number of carbonyl (C=O) groups excluding carboxylic acids is 1. The minimum Gasteiger partial charge on any atom is -0.497 e. The predicted octanol–water partition coefficient (Wildman–Crippen LogP) is 4.91. The summed E-state index contributed by atoms with van der Waals surface area (Å²) >= 11 is 7.71. The zero-order valence-corrected chi connectivity index (χ0v) is 16.1. The van der Waals surface area contributed by atoms with E-state index in [1.165, 1.54) is 11.3 Å². The molecule has 0 aliphatic rings. The fourth-order valence-corrected chi connectivity index (χ4v) is 3.88. The van der Waals surface area contributed by atoms with Gasteiger partial charge in [-0.1, -0.05) is 41.9 Å². The van der Waals surface area contributed by atoms with E-state index in [0.717, 1.165) is 21.9 Å². The summed E-state index contributed by atoms with van der Waals surface area (Å²) in [5.74, 6) is 0.501. The third-order valence-corrected chi connectivity index (χ3v) is 5.35. The molecule has 1 N–H and O–H groups in total. The Bertz CT molecular complexity index is 1110. The molecule has 0 radical (unpaired) electrons. The lowest BCUT2D eigenvalue weighted by Gasteiger charge is -2.08. The Morgan fingerprint density at radius 2 is 2.07 bits per heavy atom. The lowest BCUT2D eigenvalue weighted by atomic mass is 10.2. The van der Waals surface area contributed by atoms with Crippen molar-refractivity contribution in [3.05, 3.63) is 70.8 Å². The normalized spacial score (nSPS) is 10.9. The predicted molar refractivity (Wildman–Crippen MR) is 109 cm³/mol. The Balaban J connectivity index is 1.53. The summed E-state index contributed by atoms with van der Waals surface area (Å²) in [6, 6.07) is 15.1. The van der Waals surface area contributed by atoms with Gasteiger partial charge in [0.15, 0.2) is 4.96 Å². The third-order valence-electron chi connectivity index (χ3n) is 4.14. The van der Waals surface area contributed by atoms with Crippen molar-refractivity contribution < 1.29 is 9.53 Å². The topological polar surface area (TPSA) is 55.6 Å². The number of thiazole rings is 1. The molecule has 0 aliphatic heterocycles. The zero-order valence-electron chi connectivity index (χ0n) is 14.5. The molecule has 2 aromatic carbocycles. The number of nitrogens with zero attached hydrogens (tertiary/aromatic N) is 2. The number of halogens is 1. The summed E-state index contributed by atoms with van der Waals surface area (Å²) in [6.45, 7) is 0. The molecule has 0 fully saturated rings. The standard InChI is InChI=1S/C20H16ClN3O2S/c1-26-15-7-8-17(16(21)10-15)22-19(25)9-14-12-27-20-23-18(11-24(14)20)13-5-3-2-4-6-13/h2-8,10-12H,9H2,1H3,(H,22,25). The van der Waals surface area contributed by atoms with Crippen LogP contribution in [0, 0.1) is 0 Å². The van der Waals surface area contributed by atoms with Crippen molar-refractivity contribution in [3.63, 3.8) is 0 Å². The Hall–Kier alpha value is -2.83. The van der Waals surface area contributed by atoms with E-state index in [-0.39, 0.29) is 12.3 Å². The summed E-state index contributed by atoms with van der Waals surface area (Å²) in [4.78, 5) is 18.0. The Labute approximate surface area is 165 Å². The smallest absolute Gasteiger partial charge is 0.230 e. The molecular formula is C20H16ClN3O2S. The van der Waals surface area contributed by atoms with Crippen LogP contribution < -0.4 is 10.1 Å². The molecule has 0 saturated carbocycles. The van der Waals surface area contributed by atoms with Crippen molar-refractivity contribution in [1.82, 2.24) is 9.38 Å². The van der Waals surface area contributed by atoms with Gasteiger partial charge in [-0.05, 0) is 12.1 Å². The highest BCUT2D eigenvalue weighted by Gasteiger charge is 2.13. The van der Waals surface area contributed by atoms with Crippen LogP contribution in [0.15, 0.2) is 60.1 Å². The average molecular weight is 398 g/mol. The first-order valence-corrected chi connectivity index (χ1v) is 9.54. The monoisotopic (exact) mass is 397 g/mol. The SMILES string of the molecule is COc1ccc(NC(=O)Cc2csc3nc(-c4ccccc4)cn23)c(Cl)c1. The number of aromatic nitrogens is 2. The summed E-state index contributed by atoms with van der Waals surface area (Å²) in [7, 11) is 1.57. The molecule has 136 valence electrons. The number of hydrogen-bond donors (Lipinski definition) is 1. The van der Waals surface area contributed by atoms with Crippen LogP contribution in [0.25, 0.3) is 16.2 Å². The molecular weight excluding hydrogens is 382 g/mol. The number of imidazole rings is 1. The van der Waals surface area contributed by atoms with E-state index >= 15 is 0 Å². The first-order chi connectivity index (χ1) is 13.1. The van der Waals surface area contributed by atoms with Gasteiger partial charge in [-0.25, -0.2) is 4.98 Å². The maximum absolute atomic E-state index is 12.5. The molecule has 0 saturated heterocycles. The second kappa shape index (κ2) is 7.42. The number of carbonyl (C=O) groups is 1. The van der Waals surface area contributed by atoms with Crippen LogP contribution >= 0.6 is 22.9 Å². The number of methoxy groups -OCH3 is 1. The summed E-state index contributed by atoms with van der Waals surface area (Å²) in [5, 5.41) is 5.24. The quantitative estimate of drug-likeness (QED) is 0.520. The Morgan fingerprint density at radius 3 is 2.81 bits per heavy atom. The highest BCUT2D eigenvalue weighted by molar-refractivity contribution is 7.15. The number of anilines is 1. The lowest BCUT2D eigenvalue weighted by molar-refractivity contribution is -0.115. The summed E-state index contributed by atoms with van der Waals surface area (Å²) < 4.78 is 7.08. The van der Waals surface area contributed by atoms with Crippen LogP contribution in [-0.2, 0) is 11.2 Å². The second-order valence-corrected chi connectivity index (χ2v) is 7.19. The van der Waals surface area contributed by atoms with Crippen LogP contribution in [0.5, 0.6) is 5.75 Å². The highest BCUT2D eigenvalue weighted by atomic mass is 35.5. The van der Waals surface area contributed by atoms with Crippen molar-refractivity contribution in [2.75, 3.05) is 12.4 Å². The molecule has 2 aromatic heterocycles. The Morgan fingerprint density at radius 1 is 1.26 bits per heavy atom. The molecule has 1 amide bonds. The third kappa shape index (κ3) is 3.67. The van der Waals surface area contributed by atoms with Crippen LogP contribution in [0.2, 0.25) is 5.02 Å². The van der Waals surface area contributed by atoms with Crippen molar-refractivity contribution in [2.45, 2.75) is 6.42 Å². The molecule has 0 atom stereocenters. The number of fused-ring (bicyclic) bond motifs is 1. The minimum atomic E-state index is -0.142. The van der Waals surface area contributed by atoms with E-state index in [1.807, 2.05) is 46.3 Å². The largest absolute Gasteiger partial charge is 0.497 e. The van der Waals surface area contributed by atoms with Gasteiger partial charge in [0, 0.05) is 28.9 Å². The van der Waals surface area contributed by atoms with Crippen molar-refractivity contribution >= 4 is 39.5 Å². The van der Waals surface area contributed by atoms with E-state index < -0.39 is 0 Å². The van der Waals surface area contributed by atoms with E-state index in [1.54, 1.807) is 25.3 Å². The van der Waals surface area contributed by atoms with E-state index in [2.05, 4.69) is 10.3 Å². The average Bonchev–Trinajstić information content (AvgIpc) is 3.26. The number of ether oxygens (including phenoxy) is 1. The molecule has 7 heteroatoms. The van der Waals surface area contributed by atoms with E-state index in [0.29, 0.717) is 16.5 Å². The van der Waals surface area contributed by atoms with Crippen molar-refractivity contribution in [3.8, 4) is 17.0 Å². The van der Waals surface area contributed by atoms with Gasteiger partial charge >= 0.3 is 0 Å². The van der Waals surface area contributed by atoms with Crippen LogP contribution in [0.1, 0.15) is 5.69 Å². The van der Waals surface area contributed by atoms with Gasteiger partial charge in [-0.15, -0.1) is 11.3 Å². The number of benzene rings is 2. The number of rotatable bonds is 5. The summed E-state index contributed by atoms with van der Waals surface area (Å²) in [6.07, 6.45) is 2.19. The second-order valence-electron chi connectivity index (χ2n) is 5.94. The van der Waals surface area contributed by atoms with Crippen molar-refractivity contribution in [2.24, 2.45) is 0 Å². The van der Waals surface area contributed by atoms with Crippen LogP contribution in [0.4, 0.5) is 5.69 Å². The van der Waals surface area contributed by atoms with Gasteiger partial charge in [-0.2, -0.15) is 0 Å². The van der Waals surface area contributed by atoms with Gasteiger partial charge in [0.2, 0.25) is 5.91 Å². The van der Waals surface area contributed by atoms with Crippen molar-refractivity contribution in [1.29, 1.82) is 0 Å². The van der Waals surface area contributed by atoms with Gasteiger partial charge in [0.1, 0.15) is 5.75 Å². The van der Waals surface area contributed by atoms with Crippen LogP contribution in [0.3, 0.4) is 0 Å². The zero-order chi connectivity index (χ0) is 18.8. The summed E-state index contributed by atoms with van der Waals surface area (Å²) in [5.41, 5.74) is 3.38. The molecule has 4 aromatic rings. The molecule has 2 heterocycles. The lowest BCUT2D eigenvalue weighted by Crippen LogP contribution is -2.15. The number of amides is 1. The van der Waals surface area contributed by atoms with Gasteiger partial charge in [0.25, 0.3) is 0 Å². The molecule has 0 spiro atoms. The minimum absolute atomic E-state index is 0.142. The van der Waals surface area contributed by atoms with E-state index in [4.69, 9.17) is 16.3 Å². The van der Waals surface area contributed by atoms with E-state index in [9.17, 15) is 4.79 Å². The first kappa shape index (κ1) is 17.6. The highest BCUT2D eigenvalue weighted by Crippen LogP contribution is 2.27. The molecule has 4 rings (SSSR count). The maximum atomic E-state index is 12.5. The molecule has 27 heavy (non-hydrogen) atoms. The molecule has 0 bridgehead atoms. The molecule has 0 unspecified atom stereocenters. The number of hydrogen-bond acceptors (Lipinski definition) is 4. The number of nitrogens with one attached hydrogen (secondary N) is 1. The van der Waals surface area contributed by atoms with Gasteiger partial charge in [0.05, 0.1) is 29.9 Å².